The molecule has 6 heteroatoms. The zero-order chi connectivity index (χ0) is 16.5. The maximum absolute atomic E-state index is 12.2. The van der Waals surface area contributed by atoms with Crippen LogP contribution in [0.5, 0.6) is 0 Å². The number of rotatable bonds is 11. The monoisotopic (exact) mass is 302 g/mol. The standard InChI is InChI=1S/C15H31N3O3/c1-5-6-7-8-9-10-17-15(21)12(11-13(19)20)14(16)18(2,3)4/h12,14H,5-11,16H2,1-4H3,(H-,17,19,20,21)/p+1. The van der Waals surface area contributed by atoms with E-state index in [0.717, 1.165) is 12.8 Å². The number of carboxylic acids is 1. The highest BCUT2D eigenvalue weighted by Crippen LogP contribution is 2.14. The molecule has 4 N–H and O–H groups in total. The first-order chi connectivity index (χ1) is 9.70. The van der Waals surface area contributed by atoms with Crippen LogP contribution in [0.15, 0.2) is 0 Å². The number of amides is 1. The first kappa shape index (κ1) is 19.9. The van der Waals surface area contributed by atoms with Crippen molar-refractivity contribution in [2.24, 2.45) is 11.7 Å². The molecule has 0 aromatic rings. The van der Waals surface area contributed by atoms with E-state index in [2.05, 4.69) is 12.2 Å². The van der Waals surface area contributed by atoms with E-state index in [4.69, 9.17) is 10.8 Å². The third-order valence-corrected chi connectivity index (χ3v) is 3.62. The van der Waals surface area contributed by atoms with Gasteiger partial charge in [-0.25, -0.2) is 0 Å². The van der Waals surface area contributed by atoms with Crippen molar-refractivity contribution in [3.05, 3.63) is 0 Å². The van der Waals surface area contributed by atoms with Gasteiger partial charge < -0.3 is 14.9 Å². The van der Waals surface area contributed by atoms with Gasteiger partial charge in [-0.3, -0.25) is 15.3 Å². The molecule has 0 radical (unpaired) electrons. The second-order valence-corrected chi connectivity index (χ2v) is 6.52. The van der Waals surface area contributed by atoms with Gasteiger partial charge in [0.25, 0.3) is 0 Å². The number of unbranched alkanes of at least 4 members (excludes halogenated alkanes) is 4. The van der Waals surface area contributed by atoms with Crippen LogP contribution in [0.3, 0.4) is 0 Å². The molecule has 0 saturated heterocycles. The zero-order valence-electron chi connectivity index (χ0n) is 13.9. The molecule has 2 unspecified atom stereocenters. The van der Waals surface area contributed by atoms with Crippen molar-refractivity contribution in [1.82, 2.24) is 5.32 Å². The summed E-state index contributed by atoms with van der Waals surface area (Å²) in [5, 5.41) is 11.8. The fourth-order valence-electron chi connectivity index (χ4n) is 2.17. The Kier molecular flexibility index (Phi) is 9.21. The predicted octanol–water partition coefficient (Wildman–Crippen LogP) is 1.15. The average Bonchev–Trinajstić information content (AvgIpc) is 2.37. The highest BCUT2D eigenvalue weighted by atomic mass is 16.4. The number of hydrogen-bond donors (Lipinski definition) is 3. The lowest BCUT2D eigenvalue weighted by molar-refractivity contribution is -0.898. The Bertz CT molecular complexity index is 327. The van der Waals surface area contributed by atoms with Gasteiger partial charge in [-0.05, 0) is 6.42 Å². The Morgan fingerprint density at radius 3 is 2.19 bits per heavy atom. The summed E-state index contributed by atoms with van der Waals surface area (Å²) in [6.45, 7) is 2.74. The number of hydrogen-bond acceptors (Lipinski definition) is 3. The van der Waals surface area contributed by atoms with Gasteiger partial charge in [0.15, 0.2) is 6.17 Å². The van der Waals surface area contributed by atoms with Gasteiger partial charge in [0.1, 0.15) is 5.92 Å². The molecule has 1 amide bonds. The molecule has 0 fully saturated rings. The Morgan fingerprint density at radius 2 is 1.71 bits per heavy atom. The molecule has 0 aromatic carbocycles. The molecule has 0 spiro atoms. The largest absolute Gasteiger partial charge is 0.481 e. The van der Waals surface area contributed by atoms with Crippen LogP contribution < -0.4 is 11.1 Å². The molecular formula is C15H32N3O3+. The zero-order valence-corrected chi connectivity index (χ0v) is 13.9. The molecule has 0 bridgehead atoms. The molecule has 2 atom stereocenters. The molecule has 0 aromatic heterocycles. The number of carbonyl (C=O) groups excluding carboxylic acids is 1. The first-order valence-corrected chi connectivity index (χ1v) is 7.76. The minimum absolute atomic E-state index is 0.238. The molecule has 0 aliphatic rings. The third-order valence-electron chi connectivity index (χ3n) is 3.62. The van der Waals surface area contributed by atoms with E-state index in [-0.39, 0.29) is 12.3 Å². The third kappa shape index (κ3) is 8.67. The Hall–Kier alpha value is -1.14. The van der Waals surface area contributed by atoms with Crippen molar-refractivity contribution in [3.8, 4) is 0 Å². The Labute approximate surface area is 128 Å². The van der Waals surface area contributed by atoms with Gasteiger partial charge in [0.05, 0.1) is 27.6 Å². The highest BCUT2D eigenvalue weighted by molar-refractivity contribution is 5.83. The number of carbonyl (C=O) groups is 2. The molecule has 0 aliphatic carbocycles. The van der Waals surface area contributed by atoms with E-state index >= 15 is 0 Å². The Balaban J connectivity index is 4.36. The highest BCUT2D eigenvalue weighted by Gasteiger charge is 2.36. The van der Waals surface area contributed by atoms with Crippen LogP contribution in [0.25, 0.3) is 0 Å². The van der Waals surface area contributed by atoms with E-state index in [9.17, 15) is 9.59 Å². The second-order valence-electron chi connectivity index (χ2n) is 6.52. The van der Waals surface area contributed by atoms with Crippen LogP contribution in [0.4, 0.5) is 0 Å². The summed E-state index contributed by atoms with van der Waals surface area (Å²) in [7, 11) is 5.58. The number of carboxylic acid groups (broad SMARTS) is 1. The van der Waals surface area contributed by atoms with Crippen LogP contribution in [0.2, 0.25) is 0 Å². The number of aliphatic carboxylic acids is 1. The Morgan fingerprint density at radius 1 is 1.14 bits per heavy atom. The molecule has 21 heavy (non-hydrogen) atoms. The van der Waals surface area contributed by atoms with E-state index in [0.29, 0.717) is 11.0 Å². The van der Waals surface area contributed by atoms with Gasteiger partial charge in [-0.2, -0.15) is 0 Å². The quantitative estimate of drug-likeness (QED) is 0.303. The van der Waals surface area contributed by atoms with E-state index in [1.165, 1.54) is 19.3 Å². The van der Waals surface area contributed by atoms with Gasteiger partial charge >= 0.3 is 5.97 Å². The molecule has 124 valence electrons. The van der Waals surface area contributed by atoms with Gasteiger partial charge in [-0.15, -0.1) is 0 Å². The first-order valence-electron chi connectivity index (χ1n) is 7.76. The average molecular weight is 302 g/mol. The predicted molar refractivity (Wildman–Crippen MR) is 83.5 cm³/mol. The molecule has 0 heterocycles. The number of quaternary nitrogens is 1. The normalized spacial score (nSPS) is 14.5. The molecule has 0 rings (SSSR count). The summed E-state index contributed by atoms with van der Waals surface area (Å²) in [5.74, 6) is -1.96. The van der Waals surface area contributed by atoms with Crippen molar-refractivity contribution >= 4 is 11.9 Å². The molecule has 0 aliphatic heterocycles. The smallest absolute Gasteiger partial charge is 0.304 e. The van der Waals surface area contributed by atoms with Crippen molar-refractivity contribution in [3.63, 3.8) is 0 Å². The topological polar surface area (TPSA) is 92.4 Å². The summed E-state index contributed by atoms with van der Waals surface area (Å²) in [4.78, 5) is 23.1. The van der Waals surface area contributed by atoms with Crippen molar-refractivity contribution in [2.75, 3.05) is 27.7 Å². The second kappa shape index (κ2) is 9.73. The van der Waals surface area contributed by atoms with Crippen LogP contribution in [-0.2, 0) is 9.59 Å². The molecule has 0 saturated carbocycles. The fourth-order valence-corrected chi connectivity index (χ4v) is 2.17. The lowest BCUT2D eigenvalue weighted by atomic mass is 9.99. The molecule has 6 nitrogen and oxygen atoms in total. The maximum Gasteiger partial charge on any atom is 0.304 e. The van der Waals surface area contributed by atoms with Crippen molar-refractivity contribution in [1.29, 1.82) is 0 Å². The van der Waals surface area contributed by atoms with E-state index in [1.54, 1.807) is 0 Å². The van der Waals surface area contributed by atoms with E-state index in [1.807, 2.05) is 21.1 Å². The van der Waals surface area contributed by atoms with Gasteiger partial charge in [0, 0.05) is 6.54 Å². The fraction of sp³-hybridized carbons (Fsp3) is 0.867. The maximum atomic E-state index is 12.2. The summed E-state index contributed by atoms with van der Waals surface area (Å²) < 4.78 is 0.349. The van der Waals surface area contributed by atoms with Crippen LogP contribution in [0, 0.1) is 5.92 Å². The van der Waals surface area contributed by atoms with Crippen LogP contribution in [0.1, 0.15) is 45.4 Å². The number of nitrogens with two attached hydrogens (primary N) is 1. The minimum atomic E-state index is -0.998. The van der Waals surface area contributed by atoms with Gasteiger partial charge in [-0.1, -0.05) is 32.6 Å². The number of nitrogens with one attached hydrogen (secondary N) is 1. The van der Waals surface area contributed by atoms with Crippen LogP contribution >= 0.6 is 0 Å². The van der Waals surface area contributed by atoms with Crippen molar-refractivity contribution < 1.29 is 19.2 Å². The van der Waals surface area contributed by atoms with Crippen molar-refractivity contribution in [2.45, 2.75) is 51.6 Å². The van der Waals surface area contributed by atoms with E-state index < -0.39 is 18.1 Å². The lowest BCUT2D eigenvalue weighted by Crippen LogP contribution is -2.58. The van der Waals surface area contributed by atoms with Gasteiger partial charge in [0.2, 0.25) is 5.91 Å². The number of nitrogens with zero attached hydrogens (tertiary/aromatic N) is 1. The summed E-state index contributed by atoms with van der Waals surface area (Å²) in [5.41, 5.74) is 6.06. The van der Waals surface area contributed by atoms with Crippen LogP contribution in [-0.4, -0.2) is 55.3 Å². The summed E-state index contributed by atoms with van der Waals surface area (Å²) in [6, 6.07) is 0. The summed E-state index contributed by atoms with van der Waals surface area (Å²) >= 11 is 0. The SMILES string of the molecule is CCCCCCCNC(=O)C(CC(=O)O)C(N)[N+](C)(C)C. The minimum Gasteiger partial charge on any atom is -0.481 e. The lowest BCUT2D eigenvalue weighted by Gasteiger charge is -2.35. The molecular weight excluding hydrogens is 270 g/mol. The summed E-state index contributed by atoms with van der Waals surface area (Å²) in [6.07, 6.45) is 4.79.